The van der Waals surface area contributed by atoms with Crippen LogP contribution in [0.15, 0.2) is 24.3 Å². The number of benzene rings is 1. The van der Waals surface area contributed by atoms with Crippen LogP contribution in [0.25, 0.3) is 0 Å². The Balaban J connectivity index is 1.91. The summed E-state index contributed by atoms with van der Waals surface area (Å²) in [7, 11) is 1.69. The fraction of sp³-hybridized carbons (Fsp3) is 0.600. The maximum absolute atomic E-state index is 5.85. The number of nitrogens with zero attached hydrogens (tertiary/aromatic N) is 1. The molecule has 0 saturated carbocycles. The van der Waals surface area contributed by atoms with Crippen LogP contribution in [0.2, 0.25) is 0 Å². The second kappa shape index (κ2) is 6.21. The second-order valence-corrected chi connectivity index (χ2v) is 5.13. The molecule has 1 atom stereocenters. The van der Waals surface area contributed by atoms with Crippen LogP contribution < -0.4 is 4.74 Å². The SMILES string of the molecule is COc1ccc(CC2CN(C(C)C)CCO2)cc1. The molecule has 0 bridgehead atoms. The van der Waals surface area contributed by atoms with E-state index in [2.05, 4.69) is 30.9 Å². The highest BCUT2D eigenvalue weighted by Gasteiger charge is 2.22. The van der Waals surface area contributed by atoms with Crippen LogP contribution in [0.1, 0.15) is 19.4 Å². The fourth-order valence-electron chi connectivity index (χ4n) is 2.36. The largest absolute Gasteiger partial charge is 0.497 e. The minimum atomic E-state index is 0.314. The van der Waals surface area contributed by atoms with E-state index in [0.29, 0.717) is 12.1 Å². The lowest BCUT2D eigenvalue weighted by Gasteiger charge is -2.35. The Hall–Kier alpha value is -1.06. The van der Waals surface area contributed by atoms with Gasteiger partial charge in [-0.2, -0.15) is 0 Å². The van der Waals surface area contributed by atoms with Crippen molar-refractivity contribution in [3.63, 3.8) is 0 Å². The molecule has 0 N–H and O–H groups in total. The molecule has 2 rings (SSSR count). The lowest BCUT2D eigenvalue weighted by Crippen LogP contribution is -2.46. The average Bonchev–Trinajstić information content (AvgIpc) is 2.40. The standard InChI is InChI=1S/C15H23NO2/c1-12(2)16-8-9-18-15(11-16)10-13-4-6-14(17-3)7-5-13/h4-7,12,15H,8-11H2,1-3H3. The van der Waals surface area contributed by atoms with Crippen molar-refractivity contribution in [2.75, 3.05) is 26.8 Å². The second-order valence-electron chi connectivity index (χ2n) is 5.13. The third-order valence-corrected chi connectivity index (χ3v) is 3.52. The van der Waals surface area contributed by atoms with Crippen molar-refractivity contribution < 1.29 is 9.47 Å². The predicted octanol–water partition coefficient (Wildman–Crippen LogP) is 2.35. The van der Waals surface area contributed by atoms with Gasteiger partial charge in [0, 0.05) is 19.1 Å². The third kappa shape index (κ3) is 3.47. The molecule has 3 nitrogen and oxygen atoms in total. The van der Waals surface area contributed by atoms with E-state index in [4.69, 9.17) is 9.47 Å². The summed E-state index contributed by atoms with van der Waals surface area (Å²) in [6.45, 7) is 7.42. The van der Waals surface area contributed by atoms with Crippen molar-refractivity contribution in [3.05, 3.63) is 29.8 Å². The van der Waals surface area contributed by atoms with Gasteiger partial charge in [0.05, 0.1) is 19.8 Å². The molecule has 0 aromatic heterocycles. The van der Waals surface area contributed by atoms with Crippen molar-refractivity contribution in [3.8, 4) is 5.75 Å². The summed E-state index contributed by atoms with van der Waals surface area (Å²) < 4.78 is 11.0. The van der Waals surface area contributed by atoms with Crippen LogP contribution in [0.3, 0.4) is 0 Å². The molecule has 1 aliphatic rings. The van der Waals surface area contributed by atoms with Gasteiger partial charge in [-0.15, -0.1) is 0 Å². The van der Waals surface area contributed by atoms with Gasteiger partial charge >= 0.3 is 0 Å². The van der Waals surface area contributed by atoms with E-state index in [9.17, 15) is 0 Å². The first-order valence-electron chi connectivity index (χ1n) is 6.67. The van der Waals surface area contributed by atoms with Crippen LogP contribution in [-0.2, 0) is 11.2 Å². The lowest BCUT2D eigenvalue weighted by molar-refractivity contribution is -0.0377. The van der Waals surface area contributed by atoms with Gasteiger partial charge in [-0.05, 0) is 38.0 Å². The van der Waals surface area contributed by atoms with Crippen LogP contribution >= 0.6 is 0 Å². The Morgan fingerprint density at radius 3 is 2.67 bits per heavy atom. The zero-order chi connectivity index (χ0) is 13.0. The summed E-state index contributed by atoms with van der Waals surface area (Å²) in [6, 6.07) is 8.87. The number of methoxy groups -OCH3 is 1. The van der Waals surface area contributed by atoms with Crippen LogP contribution in [0.4, 0.5) is 0 Å². The zero-order valence-corrected chi connectivity index (χ0v) is 11.6. The molecule has 100 valence electrons. The van der Waals surface area contributed by atoms with E-state index in [1.807, 2.05) is 12.1 Å². The van der Waals surface area contributed by atoms with Gasteiger partial charge in [0.15, 0.2) is 0 Å². The lowest BCUT2D eigenvalue weighted by atomic mass is 10.1. The molecule has 1 aliphatic heterocycles. The van der Waals surface area contributed by atoms with Crippen molar-refractivity contribution in [1.29, 1.82) is 0 Å². The van der Waals surface area contributed by atoms with Gasteiger partial charge in [-0.3, -0.25) is 4.90 Å². The quantitative estimate of drug-likeness (QED) is 0.817. The number of ether oxygens (including phenoxy) is 2. The van der Waals surface area contributed by atoms with Gasteiger partial charge in [0.2, 0.25) is 0 Å². The highest BCUT2D eigenvalue weighted by atomic mass is 16.5. The van der Waals surface area contributed by atoms with Crippen molar-refractivity contribution in [1.82, 2.24) is 4.90 Å². The molecule has 1 aromatic carbocycles. The van der Waals surface area contributed by atoms with Crippen molar-refractivity contribution in [2.24, 2.45) is 0 Å². The zero-order valence-electron chi connectivity index (χ0n) is 11.6. The fourth-order valence-corrected chi connectivity index (χ4v) is 2.36. The number of rotatable bonds is 4. The molecule has 0 radical (unpaired) electrons. The Morgan fingerprint density at radius 2 is 2.06 bits per heavy atom. The van der Waals surface area contributed by atoms with Crippen molar-refractivity contribution in [2.45, 2.75) is 32.4 Å². The highest BCUT2D eigenvalue weighted by molar-refractivity contribution is 5.27. The van der Waals surface area contributed by atoms with E-state index in [1.165, 1.54) is 5.56 Å². The topological polar surface area (TPSA) is 21.7 Å². The van der Waals surface area contributed by atoms with E-state index in [-0.39, 0.29) is 0 Å². The predicted molar refractivity (Wildman–Crippen MR) is 73.1 cm³/mol. The smallest absolute Gasteiger partial charge is 0.118 e. The molecule has 0 aliphatic carbocycles. The number of morpholine rings is 1. The summed E-state index contributed by atoms with van der Waals surface area (Å²) in [5.74, 6) is 0.909. The Labute approximate surface area is 110 Å². The molecular weight excluding hydrogens is 226 g/mol. The molecule has 0 spiro atoms. The van der Waals surface area contributed by atoms with Gasteiger partial charge in [-0.25, -0.2) is 0 Å². The molecular formula is C15H23NO2. The van der Waals surface area contributed by atoms with Crippen LogP contribution in [0, 0.1) is 0 Å². The Bertz CT molecular complexity index is 361. The van der Waals surface area contributed by atoms with E-state index >= 15 is 0 Å². The van der Waals surface area contributed by atoms with Gasteiger partial charge in [0.25, 0.3) is 0 Å². The van der Waals surface area contributed by atoms with Gasteiger partial charge < -0.3 is 9.47 Å². The normalized spacial score (nSPS) is 21.2. The molecule has 18 heavy (non-hydrogen) atoms. The van der Waals surface area contributed by atoms with Crippen molar-refractivity contribution >= 4 is 0 Å². The average molecular weight is 249 g/mol. The molecule has 0 amide bonds. The summed E-state index contributed by atoms with van der Waals surface area (Å²) in [6.07, 6.45) is 1.29. The first-order chi connectivity index (χ1) is 8.69. The monoisotopic (exact) mass is 249 g/mol. The molecule has 1 heterocycles. The Kier molecular flexibility index (Phi) is 4.61. The molecule has 1 unspecified atom stereocenters. The van der Waals surface area contributed by atoms with Gasteiger partial charge in [-0.1, -0.05) is 12.1 Å². The van der Waals surface area contributed by atoms with Crippen LogP contribution in [-0.4, -0.2) is 43.9 Å². The summed E-state index contributed by atoms with van der Waals surface area (Å²) >= 11 is 0. The third-order valence-electron chi connectivity index (χ3n) is 3.52. The first-order valence-corrected chi connectivity index (χ1v) is 6.67. The van der Waals surface area contributed by atoms with E-state index < -0.39 is 0 Å². The van der Waals surface area contributed by atoms with E-state index in [1.54, 1.807) is 7.11 Å². The number of hydrogen-bond donors (Lipinski definition) is 0. The summed E-state index contributed by atoms with van der Waals surface area (Å²) in [5, 5.41) is 0. The van der Waals surface area contributed by atoms with Gasteiger partial charge in [0.1, 0.15) is 5.75 Å². The molecule has 3 heteroatoms. The maximum atomic E-state index is 5.85. The number of hydrogen-bond acceptors (Lipinski definition) is 3. The first kappa shape index (κ1) is 13.4. The minimum absolute atomic E-state index is 0.314. The van der Waals surface area contributed by atoms with E-state index in [0.717, 1.165) is 31.9 Å². The molecule has 1 saturated heterocycles. The minimum Gasteiger partial charge on any atom is -0.497 e. The highest BCUT2D eigenvalue weighted by Crippen LogP contribution is 2.16. The summed E-state index contributed by atoms with van der Waals surface area (Å²) in [5.41, 5.74) is 1.31. The maximum Gasteiger partial charge on any atom is 0.118 e. The Morgan fingerprint density at radius 1 is 1.33 bits per heavy atom. The summed E-state index contributed by atoms with van der Waals surface area (Å²) in [4.78, 5) is 2.48. The molecule has 1 fully saturated rings. The molecule has 1 aromatic rings. The van der Waals surface area contributed by atoms with Crippen LogP contribution in [0.5, 0.6) is 5.75 Å².